The summed E-state index contributed by atoms with van der Waals surface area (Å²) in [6.45, 7) is 0. The van der Waals surface area contributed by atoms with E-state index in [1.165, 1.54) is 22.0 Å². The number of rotatable bonds is 5. The minimum absolute atomic E-state index is 0.449. The van der Waals surface area contributed by atoms with Gasteiger partial charge in [-0.25, -0.2) is 0 Å². The van der Waals surface area contributed by atoms with Crippen molar-refractivity contribution in [3.05, 3.63) is 72.6 Å². The molecule has 3 heteroatoms. The topological polar surface area (TPSA) is 16.1 Å². The number of anilines is 1. The quantitative estimate of drug-likeness (QED) is 0.650. The predicted octanol–water partition coefficient (Wildman–Crippen LogP) is 3.87. The Labute approximate surface area is 140 Å². The van der Waals surface area contributed by atoms with Gasteiger partial charge in [-0.05, 0) is 0 Å². The molecule has 0 saturated carbocycles. The normalized spacial score (nSPS) is 12.3. The van der Waals surface area contributed by atoms with E-state index in [0.717, 1.165) is 11.6 Å². The van der Waals surface area contributed by atoms with Gasteiger partial charge in [0.15, 0.2) is 0 Å². The molecule has 22 heavy (non-hydrogen) atoms. The van der Waals surface area contributed by atoms with E-state index < -0.39 is 0 Å². The van der Waals surface area contributed by atoms with E-state index in [4.69, 9.17) is 0 Å². The van der Waals surface area contributed by atoms with Crippen molar-refractivity contribution in [2.75, 3.05) is 11.9 Å². The van der Waals surface area contributed by atoms with Crippen molar-refractivity contribution in [1.29, 1.82) is 0 Å². The van der Waals surface area contributed by atoms with Gasteiger partial charge < -0.3 is 0 Å². The summed E-state index contributed by atoms with van der Waals surface area (Å²) in [5, 5.41) is 3.62. The van der Waals surface area contributed by atoms with E-state index >= 15 is 0 Å². The van der Waals surface area contributed by atoms with E-state index in [0.29, 0.717) is 6.04 Å². The second-order valence-electron chi connectivity index (χ2n) is 5.54. The molecule has 1 unspecified atom stereocenters. The van der Waals surface area contributed by atoms with Crippen molar-refractivity contribution < 1.29 is 0 Å². The van der Waals surface area contributed by atoms with Gasteiger partial charge >= 0.3 is 140 Å². The van der Waals surface area contributed by atoms with Crippen LogP contribution in [0.4, 0.5) is 5.69 Å². The molecule has 0 aliphatic heterocycles. The first kappa shape index (κ1) is 15.1. The SMILES string of the molecule is CN(c1ccc2ccccc2c1)C(C[As])Cc1cccnc1. The number of likely N-dealkylation sites (N-methyl/N-ethyl adjacent to an activating group) is 1. The number of hydrogen-bond acceptors (Lipinski definition) is 2. The summed E-state index contributed by atoms with van der Waals surface area (Å²) in [5.41, 5.74) is 2.55. The summed E-state index contributed by atoms with van der Waals surface area (Å²) >= 11 is 2.72. The summed E-state index contributed by atoms with van der Waals surface area (Å²) in [7, 11) is 2.18. The van der Waals surface area contributed by atoms with Crippen LogP contribution in [0, 0.1) is 0 Å². The molecule has 0 amide bonds. The molecule has 0 N–H and O–H groups in total. The van der Waals surface area contributed by atoms with Crippen LogP contribution in [0.15, 0.2) is 67.0 Å². The van der Waals surface area contributed by atoms with E-state index in [-0.39, 0.29) is 0 Å². The molecule has 1 atom stereocenters. The molecule has 110 valence electrons. The number of pyridine rings is 1. The van der Waals surface area contributed by atoms with Gasteiger partial charge in [0.1, 0.15) is 0 Å². The third kappa shape index (κ3) is 3.34. The third-order valence-electron chi connectivity index (χ3n) is 4.09. The maximum atomic E-state index is 4.22. The van der Waals surface area contributed by atoms with Crippen LogP contribution in [0.3, 0.4) is 0 Å². The Morgan fingerprint density at radius 3 is 2.59 bits per heavy atom. The van der Waals surface area contributed by atoms with Crippen LogP contribution in [-0.2, 0) is 6.42 Å². The summed E-state index contributed by atoms with van der Waals surface area (Å²) < 4.78 is 0. The van der Waals surface area contributed by atoms with Crippen molar-refractivity contribution in [3.63, 3.8) is 0 Å². The Hall–Kier alpha value is -1.79. The van der Waals surface area contributed by atoms with Crippen molar-refractivity contribution in [2.24, 2.45) is 0 Å². The zero-order valence-electron chi connectivity index (χ0n) is 12.7. The number of fused-ring (bicyclic) bond motifs is 1. The van der Waals surface area contributed by atoms with Gasteiger partial charge in [0, 0.05) is 0 Å². The van der Waals surface area contributed by atoms with E-state index in [1.54, 1.807) is 0 Å². The zero-order chi connectivity index (χ0) is 15.4. The Kier molecular flexibility index (Phi) is 4.80. The van der Waals surface area contributed by atoms with Crippen LogP contribution < -0.4 is 4.90 Å². The molecular formula is C19H19AsN2. The first-order valence-electron chi connectivity index (χ1n) is 7.49. The van der Waals surface area contributed by atoms with Crippen molar-refractivity contribution in [1.82, 2.24) is 4.98 Å². The van der Waals surface area contributed by atoms with Gasteiger partial charge in [-0.15, -0.1) is 0 Å². The van der Waals surface area contributed by atoms with Crippen LogP contribution >= 0.6 is 0 Å². The van der Waals surface area contributed by atoms with Gasteiger partial charge in [-0.3, -0.25) is 0 Å². The molecule has 2 aromatic carbocycles. The molecule has 0 aliphatic carbocycles. The van der Waals surface area contributed by atoms with E-state index in [9.17, 15) is 0 Å². The minimum atomic E-state index is 0.449. The van der Waals surface area contributed by atoms with Crippen LogP contribution in [0.2, 0.25) is 5.21 Å². The Morgan fingerprint density at radius 1 is 1.05 bits per heavy atom. The molecule has 0 aliphatic rings. The average Bonchev–Trinajstić information content (AvgIpc) is 2.59. The molecule has 0 fully saturated rings. The van der Waals surface area contributed by atoms with Gasteiger partial charge in [0.05, 0.1) is 0 Å². The molecule has 0 saturated heterocycles. The van der Waals surface area contributed by atoms with Crippen molar-refractivity contribution >= 4 is 33.3 Å². The molecule has 2 radical (unpaired) electrons. The number of hydrogen-bond donors (Lipinski definition) is 0. The first-order valence-corrected chi connectivity index (χ1v) is 8.82. The zero-order valence-corrected chi connectivity index (χ0v) is 14.6. The molecular weight excluding hydrogens is 331 g/mol. The molecule has 0 bridgehead atoms. The Balaban J connectivity index is 1.84. The van der Waals surface area contributed by atoms with Crippen LogP contribution in [-0.4, -0.2) is 34.9 Å². The predicted molar refractivity (Wildman–Crippen MR) is 94.6 cm³/mol. The average molecular weight is 350 g/mol. The summed E-state index contributed by atoms with van der Waals surface area (Å²) in [6, 6.07) is 19.8. The number of aromatic nitrogens is 1. The van der Waals surface area contributed by atoms with E-state index in [1.807, 2.05) is 18.5 Å². The monoisotopic (exact) mass is 350 g/mol. The van der Waals surface area contributed by atoms with Gasteiger partial charge in [-0.2, -0.15) is 0 Å². The third-order valence-corrected chi connectivity index (χ3v) is 4.98. The first-order chi connectivity index (χ1) is 10.8. The molecule has 1 heterocycles. The Bertz CT molecular complexity index is 743. The molecule has 0 spiro atoms. The van der Waals surface area contributed by atoms with E-state index in [2.05, 4.69) is 82.3 Å². The van der Waals surface area contributed by atoms with Crippen LogP contribution in [0.5, 0.6) is 0 Å². The number of nitrogens with zero attached hydrogens (tertiary/aromatic N) is 2. The van der Waals surface area contributed by atoms with Gasteiger partial charge in [0.25, 0.3) is 0 Å². The molecule has 1 aromatic heterocycles. The fourth-order valence-corrected chi connectivity index (χ4v) is 3.51. The summed E-state index contributed by atoms with van der Waals surface area (Å²) in [4.78, 5) is 6.59. The van der Waals surface area contributed by atoms with Crippen LogP contribution in [0.25, 0.3) is 10.8 Å². The van der Waals surface area contributed by atoms with Crippen LogP contribution in [0.1, 0.15) is 5.56 Å². The maximum absolute atomic E-state index is 4.22. The second kappa shape index (κ2) is 6.98. The standard InChI is InChI=1S/C19H19AsN2/c1-22(19(13-20)11-15-5-4-10-21-14-15)18-9-8-16-6-2-3-7-17(16)12-18/h2-10,12,14,19H,11,13H2,1H3. The fraction of sp³-hybridized carbons (Fsp3) is 0.211. The van der Waals surface area contributed by atoms with Crippen molar-refractivity contribution in [3.8, 4) is 0 Å². The summed E-state index contributed by atoms with van der Waals surface area (Å²) in [5.74, 6) is 0. The molecule has 3 aromatic rings. The van der Waals surface area contributed by atoms with Gasteiger partial charge in [0.2, 0.25) is 0 Å². The van der Waals surface area contributed by atoms with Crippen molar-refractivity contribution in [2.45, 2.75) is 17.7 Å². The molecule has 2 nitrogen and oxygen atoms in total. The van der Waals surface area contributed by atoms with Gasteiger partial charge in [-0.1, -0.05) is 0 Å². The molecule has 3 rings (SSSR count). The number of benzene rings is 2. The Morgan fingerprint density at radius 2 is 1.86 bits per heavy atom. The fourth-order valence-electron chi connectivity index (χ4n) is 2.72. The summed E-state index contributed by atoms with van der Waals surface area (Å²) in [6.07, 6.45) is 4.80. The second-order valence-corrected chi connectivity index (χ2v) is 6.31.